The number of nitrogens with zero attached hydrogens (tertiary/aromatic N) is 1. The molecule has 24 heavy (non-hydrogen) atoms. The molecule has 1 aromatic carbocycles. The highest BCUT2D eigenvalue weighted by Gasteiger charge is 2.21. The van der Waals surface area contributed by atoms with Crippen LogP contribution in [0.5, 0.6) is 0 Å². The number of pyridine rings is 1. The molecular weight excluding hydrogens is 320 g/mol. The molecule has 2 rings (SSSR count). The Morgan fingerprint density at radius 3 is 2.17 bits per heavy atom. The molecule has 4 nitrogen and oxygen atoms in total. The van der Waals surface area contributed by atoms with Crippen LogP contribution in [0.3, 0.4) is 0 Å². The molecule has 0 radical (unpaired) electrons. The van der Waals surface area contributed by atoms with Crippen molar-refractivity contribution in [2.45, 2.75) is 44.7 Å². The van der Waals surface area contributed by atoms with Crippen LogP contribution < -0.4 is 5.32 Å². The van der Waals surface area contributed by atoms with Gasteiger partial charge in [-0.3, -0.25) is 4.98 Å². The zero-order valence-electron chi connectivity index (χ0n) is 14.9. The van der Waals surface area contributed by atoms with Crippen LogP contribution in [0.2, 0.25) is 0 Å². The normalized spacial score (nSPS) is 14.6. The van der Waals surface area contributed by atoms with E-state index in [1.165, 1.54) is 11.8 Å². The van der Waals surface area contributed by atoms with E-state index in [0.29, 0.717) is 10.8 Å². The molecule has 0 amide bonds. The Labute approximate surface area is 145 Å². The van der Waals surface area contributed by atoms with Gasteiger partial charge in [-0.2, -0.15) is 0 Å². The minimum Gasteiger partial charge on any atom is -0.302 e. The van der Waals surface area contributed by atoms with Crippen molar-refractivity contribution < 1.29 is 8.42 Å². The molecule has 0 bridgehead atoms. The lowest BCUT2D eigenvalue weighted by atomic mass is 9.95. The minimum absolute atomic E-state index is 0.0902. The summed E-state index contributed by atoms with van der Waals surface area (Å²) in [7, 11) is -3.16. The van der Waals surface area contributed by atoms with Crippen LogP contribution in [-0.4, -0.2) is 19.7 Å². The number of sulfone groups is 1. The lowest BCUT2D eigenvalue weighted by Gasteiger charge is -2.27. The molecule has 0 fully saturated rings. The highest BCUT2D eigenvalue weighted by molar-refractivity contribution is 7.90. The van der Waals surface area contributed by atoms with Gasteiger partial charge in [-0.05, 0) is 49.1 Å². The summed E-state index contributed by atoms with van der Waals surface area (Å²) in [6.07, 6.45) is 3.05. The van der Waals surface area contributed by atoms with E-state index in [9.17, 15) is 8.42 Å². The summed E-state index contributed by atoms with van der Waals surface area (Å²) in [4.78, 5) is 4.90. The Morgan fingerprint density at radius 1 is 1.04 bits per heavy atom. The topological polar surface area (TPSA) is 59.1 Å². The number of rotatable bonds is 6. The van der Waals surface area contributed by atoms with E-state index in [-0.39, 0.29) is 12.1 Å². The third-order valence-electron chi connectivity index (χ3n) is 4.25. The second-order valence-electron chi connectivity index (χ2n) is 6.66. The van der Waals surface area contributed by atoms with Crippen LogP contribution in [0.1, 0.15) is 49.7 Å². The third-order valence-corrected chi connectivity index (χ3v) is 5.38. The quantitative estimate of drug-likeness (QED) is 0.863. The van der Waals surface area contributed by atoms with Gasteiger partial charge in [-0.15, -0.1) is 0 Å². The second kappa shape index (κ2) is 7.45. The number of nitrogens with one attached hydrogen (secondary N) is 1. The Bertz CT molecular complexity index is 783. The first-order valence-electron chi connectivity index (χ1n) is 8.17. The first-order chi connectivity index (χ1) is 11.2. The lowest BCUT2D eigenvalue weighted by molar-refractivity contribution is 0.366. The molecule has 0 aliphatic heterocycles. The first-order valence-corrected chi connectivity index (χ1v) is 10.1. The number of aromatic nitrogens is 1. The van der Waals surface area contributed by atoms with Crippen molar-refractivity contribution >= 4 is 9.84 Å². The van der Waals surface area contributed by atoms with Gasteiger partial charge in [0.05, 0.1) is 16.6 Å². The van der Waals surface area contributed by atoms with E-state index in [1.807, 2.05) is 24.4 Å². The predicted molar refractivity (Wildman–Crippen MR) is 97.7 cm³/mol. The Morgan fingerprint density at radius 2 is 1.67 bits per heavy atom. The molecule has 2 aromatic rings. The first kappa shape index (κ1) is 18.6. The lowest BCUT2D eigenvalue weighted by Crippen LogP contribution is -2.29. The summed E-state index contributed by atoms with van der Waals surface area (Å²) in [5, 5.41) is 3.64. The van der Waals surface area contributed by atoms with E-state index >= 15 is 0 Å². The van der Waals surface area contributed by atoms with Crippen LogP contribution >= 0.6 is 0 Å². The Balaban J connectivity index is 2.22. The molecule has 0 aliphatic carbocycles. The molecule has 0 saturated heterocycles. The van der Waals surface area contributed by atoms with Gasteiger partial charge in [0.1, 0.15) is 0 Å². The van der Waals surface area contributed by atoms with Gasteiger partial charge in [0.25, 0.3) is 0 Å². The fraction of sp³-hybridized carbons (Fsp3) is 0.421. The molecule has 0 spiro atoms. The SMILES string of the molecule is Cc1cccnc1[C@@H](N[C@@H](C)c1ccc(S(C)(=O)=O)cc1)C(C)C. The maximum absolute atomic E-state index is 11.6. The van der Waals surface area contributed by atoms with E-state index in [2.05, 4.69) is 44.1 Å². The summed E-state index contributed by atoms with van der Waals surface area (Å²) in [6.45, 7) is 8.50. The van der Waals surface area contributed by atoms with Crippen molar-refractivity contribution in [2.24, 2.45) is 5.92 Å². The van der Waals surface area contributed by atoms with Crippen LogP contribution in [0.4, 0.5) is 0 Å². The van der Waals surface area contributed by atoms with E-state index in [1.54, 1.807) is 12.1 Å². The summed E-state index contributed by atoms with van der Waals surface area (Å²) >= 11 is 0. The summed E-state index contributed by atoms with van der Waals surface area (Å²) in [5.41, 5.74) is 3.29. The average Bonchev–Trinajstić information content (AvgIpc) is 2.52. The summed E-state index contributed by atoms with van der Waals surface area (Å²) < 4.78 is 23.2. The highest BCUT2D eigenvalue weighted by atomic mass is 32.2. The fourth-order valence-electron chi connectivity index (χ4n) is 2.78. The van der Waals surface area contributed by atoms with Crippen molar-refractivity contribution in [1.82, 2.24) is 10.3 Å². The third kappa shape index (κ3) is 4.42. The molecule has 1 heterocycles. The molecule has 1 aromatic heterocycles. The van der Waals surface area contributed by atoms with Crippen LogP contribution in [0, 0.1) is 12.8 Å². The smallest absolute Gasteiger partial charge is 0.175 e. The molecule has 2 atom stereocenters. The number of hydrogen-bond donors (Lipinski definition) is 1. The van der Waals surface area contributed by atoms with Crippen LogP contribution in [-0.2, 0) is 9.84 Å². The maximum atomic E-state index is 11.6. The zero-order valence-corrected chi connectivity index (χ0v) is 15.8. The van der Waals surface area contributed by atoms with Gasteiger partial charge in [-0.25, -0.2) is 8.42 Å². The maximum Gasteiger partial charge on any atom is 0.175 e. The molecule has 0 aliphatic rings. The molecule has 130 valence electrons. The van der Waals surface area contributed by atoms with Gasteiger partial charge in [0.15, 0.2) is 9.84 Å². The number of aryl methyl sites for hydroxylation is 1. The molecule has 1 N–H and O–H groups in total. The van der Waals surface area contributed by atoms with Crippen molar-refractivity contribution in [3.63, 3.8) is 0 Å². The van der Waals surface area contributed by atoms with E-state index in [4.69, 9.17) is 0 Å². The van der Waals surface area contributed by atoms with Crippen molar-refractivity contribution in [1.29, 1.82) is 0 Å². The Kier molecular flexibility index (Phi) is 5.78. The van der Waals surface area contributed by atoms with Crippen LogP contribution in [0.25, 0.3) is 0 Å². The highest BCUT2D eigenvalue weighted by Crippen LogP contribution is 2.27. The van der Waals surface area contributed by atoms with Gasteiger partial charge in [0, 0.05) is 18.5 Å². The summed E-state index contributed by atoms with van der Waals surface area (Å²) in [5.74, 6) is 0.386. The molecule has 0 saturated carbocycles. The van der Waals surface area contributed by atoms with E-state index in [0.717, 1.165) is 11.3 Å². The van der Waals surface area contributed by atoms with Crippen molar-refractivity contribution in [3.8, 4) is 0 Å². The zero-order chi connectivity index (χ0) is 17.9. The number of benzene rings is 1. The molecular formula is C19H26N2O2S. The largest absolute Gasteiger partial charge is 0.302 e. The van der Waals surface area contributed by atoms with Crippen LogP contribution in [0.15, 0.2) is 47.5 Å². The van der Waals surface area contributed by atoms with Gasteiger partial charge < -0.3 is 5.32 Å². The monoisotopic (exact) mass is 346 g/mol. The molecule has 5 heteroatoms. The van der Waals surface area contributed by atoms with Crippen molar-refractivity contribution in [3.05, 3.63) is 59.4 Å². The average molecular weight is 346 g/mol. The molecule has 0 unspecified atom stereocenters. The van der Waals surface area contributed by atoms with E-state index < -0.39 is 9.84 Å². The Hall–Kier alpha value is -1.72. The van der Waals surface area contributed by atoms with Gasteiger partial charge in [0.2, 0.25) is 0 Å². The number of hydrogen-bond acceptors (Lipinski definition) is 4. The minimum atomic E-state index is -3.16. The van der Waals surface area contributed by atoms with Crippen molar-refractivity contribution in [2.75, 3.05) is 6.26 Å². The summed E-state index contributed by atoms with van der Waals surface area (Å²) in [6, 6.07) is 11.3. The van der Waals surface area contributed by atoms with Gasteiger partial charge in [-0.1, -0.05) is 32.0 Å². The second-order valence-corrected chi connectivity index (χ2v) is 8.67. The van der Waals surface area contributed by atoms with Gasteiger partial charge >= 0.3 is 0 Å². The standard InChI is InChI=1S/C19H26N2O2S/c1-13(2)18(19-14(3)7-6-12-20-19)21-15(4)16-8-10-17(11-9-16)24(5,22)23/h6-13,15,18,21H,1-5H3/t15-,18-/m0/s1. The fourth-order valence-corrected chi connectivity index (χ4v) is 3.41. The predicted octanol–water partition coefficient (Wildman–Crippen LogP) is 3.84.